The fourth-order valence-electron chi connectivity index (χ4n) is 2.39. The molecule has 2 unspecified atom stereocenters. The maximum atomic E-state index is 12.2. The van der Waals surface area contributed by atoms with Crippen molar-refractivity contribution in [2.24, 2.45) is 11.7 Å². The molecule has 0 aromatic carbocycles. The van der Waals surface area contributed by atoms with Crippen LogP contribution in [-0.2, 0) is 9.59 Å². The average Bonchev–Trinajstić information content (AvgIpc) is 2.70. The van der Waals surface area contributed by atoms with Gasteiger partial charge in [-0.2, -0.15) is 0 Å². The van der Waals surface area contributed by atoms with Crippen molar-refractivity contribution in [3.05, 3.63) is 0 Å². The van der Waals surface area contributed by atoms with E-state index in [-0.39, 0.29) is 36.4 Å². The van der Waals surface area contributed by atoms with E-state index in [2.05, 4.69) is 5.32 Å². The molecule has 5 nitrogen and oxygen atoms in total. The van der Waals surface area contributed by atoms with Gasteiger partial charge in [0.1, 0.15) is 0 Å². The minimum atomic E-state index is -0.0949. The highest BCUT2D eigenvalue weighted by atomic mass is 16.2. The molecule has 0 heterocycles. The molecular weight excluding hydrogens is 230 g/mol. The Hall–Kier alpha value is -1.10. The molecule has 1 rings (SSSR count). The van der Waals surface area contributed by atoms with Crippen LogP contribution in [0.15, 0.2) is 0 Å². The van der Waals surface area contributed by atoms with Gasteiger partial charge in [-0.15, -0.1) is 0 Å². The van der Waals surface area contributed by atoms with Crippen molar-refractivity contribution in [1.82, 2.24) is 10.2 Å². The van der Waals surface area contributed by atoms with E-state index in [0.29, 0.717) is 6.54 Å². The van der Waals surface area contributed by atoms with Crippen LogP contribution in [-0.4, -0.2) is 41.9 Å². The van der Waals surface area contributed by atoms with Gasteiger partial charge in [-0.1, -0.05) is 0 Å². The van der Waals surface area contributed by atoms with Gasteiger partial charge in [-0.25, -0.2) is 0 Å². The van der Waals surface area contributed by atoms with Gasteiger partial charge in [0.2, 0.25) is 11.8 Å². The van der Waals surface area contributed by atoms with E-state index < -0.39 is 0 Å². The zero-order valence-electron chi connectivity index (χ0n) is 11.6. The van der Waals surface area contributed by atoms with Gasteiger partial charge in [0.05, 0.1) is 6.54 Å². The highest BCUT2D eigenvalue weighted by molar-refractivity contribution is 5.86. The number of hydrogen-bond acceptors (Lipinski definition) is 3. The molecule has 1 aliphatic carbocycles. The predicted octanol–water partition coefficient (Wildman–Crippen LogP) is 0.487. The van der Waals surface area contributed by atoms with Crippen LogP contribution in [0.2, 0.25) is 0 Å². The van der Waals surface area contributed by atoms with Crippen molar-refractivity contribution in [3.63, 3.8) is 0 Å². The normalized spacial score (nSPS) is 23.2. The third kappa shape index (κ3) is 4.29. The molecule has 3 N–H and O–H groups in total. The van der Waals surface area contributed by atoms with Crippen LogP contribution in [0.5, 0.6) is 0 Å². The Morgan fingerprint density at radius 1 is 1.39 bits per heavy atom. The molecule has 104 valence electrons. The molecule has 2 amide bonds. The summed E-state index contributed by atoms with van der Waals surface area (Å²) in [5, 5.41) is 2.80. The predicted molar refractivity (Wildman–Crippen MR) is 70.8 cm³/mol. The zero-order chi connectivity index (χ0) is 13.7. The molecule has 5 heteroatoms. The highest BCUT2D eigenvalue weighted by Gasteiger charge is 2.31. The topological polar surface area (TPSA) is 75.4 Å². The maximum absolute atomic E-state index is 12.2. The number of rotatable bonds is 5. The quantitative estimate of drug-likeness (QED) is 0.750. The van der Waals surface area contributed by atoms with Crippen LogP contribution in [0, 0.1) is 5.92 Å². The standard InChI is InChI=1S/C13H25N3O2/c1-4-16(8-12(17)15-9(2)3)13(18)10-5-6-11(14)7-10/h9-11H,4-8,14H2,1-3H3,(H,15,17). The second-order valence-corrected chi connectivity index (χ2v) is 5.34. The number of carbonyl (C=O) groups excluding carboxylic acids is 2. The second kappa shape index (κ2) is 6.73. The third-order valence-electron chi connectivity index (χ3n) is 3.30. The van der Waals surface area contributed by atoms with Gasteiger partial charge in [0, 0.05) is 24.5 Å². The molecule has 18 heavy (non-hydrogen) atoms. The van der Waals surface area contributed by atoms with Crippen LogP contribution in [0.1, 0.15) is 40.0 Å². The fraction of sp³-hybridized carbons (Fsp3) is 0.846. The SMILES string of the molecule is CCN(CC(=O)NC(C)C)C(=O)C1CCC(N)C1. The van der Waals surface area contributed by atoms with Gasteiger partial charge in [-0.3, -0.25) is 9.59 Å². The minimum Gasteiger partial charge on any atom is -0.352 e. The first-order valence-electron chi connectivity index (χ1n) is 6.77. The van der Waals surface area contributed by atoms with E-state index in [1.54, 1.807) is 4.90 Å². The van der Waals surface area contributed by atoms with Crippen LogP contribution >= 0.6 is 0 Å². The zero-order valence-corrected chi connectivity index (χ0v) is 11.6. The highest BCUT2D eigenvalue weighted by Crippen LogP contribution is 2.25. The summed E-state index contributed by atoms with van der Waals surface area (Å²) in [5.74, 6) is -0.0151. The monoisotopic (exact) mass is 255 g/mol. The van der Waals surface area contributed by atoms with Crippen molar-refractivity contribution in [1.29, 1.82) is 0 Å². The van der Waals surface area contributed by atoms with Crippen LogP contribution in [0.25, 0.3) is 0 Å². The van der Waals surface area contributed by atoms with Crippen LogP contribution < -0.4 is 11.1 Å². The summed E-state index contributed by atoms with van der Waals surface area (Å²) >= 11 is 0. The average molecular weight is 255 g/mol. The van der Waals surface area contributed by atoms with Crippen molar-refractivity contribution in [3.8, 4) is 0 Å². The largest absolute Gasteiger partial charge is 0.352 e. The number of hydrogen-bond donors (Lipinski definition) is 2. The summed E-state index contributed by atoms with van der Waals surface area (Å²) in [5.41, 5.74) is 5.82. The van der Waals surface area contributed by atoms with Gasteiger partial charge >= 0.3 is 0 Å². The number of nitrogens with one attached hydrogen (secondary N) is 1. The van der Waals surface area contributed by atoms with E-state index in [0.717, 1.165) is 19.3 Å². The summed E-state index contributed by atoms with van der Waals surface area (Å²) in [6, 6.07) is 0.244. The van der Waals surface area contributed by atoms with E-state index in [4.69, 9.17) is 5.73 Å². The second-order valence-electron chi connectivity index (χ2n) is 5.34. The maximum Gasteiger partial charge on any atom is 0.239 e. The molecule has 1 aliphatic rings. The van der Waals surface area contributed by atoms with E-state index in [1.165, 1.54) is 0 Å². The molecule has 0 radical (unpaired) electrons. The fourth-order valence-corrected chi connectivity index (χ4v) is 2.39. The van der Waals surface area contributed by atoms with E-state index >= 15 is 0 Å². The summed E-state index contributed by atoms with van der Waals surface area (Å²) in [4.78, 5) is 25.5. The summed E-state index contributed by atoms with van der Waals surface area (Å²) < 4.78 is 0. The molecule has 0 aromatic heterocycles. The molecule has 2 atom stereocenters. The molecule has 0 spiro atoms. The molecule has 0 aromatic rings. The lowest BCUT2D eigenvalue weighted by Gasteiger charge is -2.24. The first-order valence-corrected chi connectivity index (χ1v) is 6.77. The van der Waals surface area contributed by atoms with Crippen molar-refractivity contribution >= 4 is 11.8 Å². The lowest BCUT2D eigenvalue weighted by molar-refractivity contribution is -0.139. The van der Waals surface area contributed by atoms with E-state index in [9.17, 15) is 9.59 Å². The molecule has 0 aliphatic heterocycles. The van der Waals surface area contributed by atoms with Crippen molar-refractivity contribution in [2.45, 2.75) is 52.1 Å². The van der Waals surface area contributed by atoms with Gasteiger partial charge < -0.3 is 16.0 Å². The number of nitrogens with two attached hydrogens (primary N) is 1. The van der Waals surface area contributed by atoms with Crippen LogP contribution in [0.4, 0.5) is 0 Å². The van der Waals surface area contributed by atoms with Crippen LogP contribution in [0.3, 0.4) is 0 Å². The number of carbonyl (C=O) groups is 2. The first-order chi connectivity index (χ1) is 8.43. The lowest BCUT2D eigenvalue weighted by Crippen LogP contribution is -2.44. The summed E-state index contributed by atoms with van der Waals surface area (Å²) in [6.45, 7) is 6.43. The number of likely N-dealkylation sites (N-methyl/N-ethyl adjacent to an activating group) is 1. The van der Waals surface area contributed by atoms with Gasteiger partial charge in [0.25, 0.3) is 0 Å². The lowest BCUT2D eigenvalue weighted by atomic mass is 10.1. The number of nitrogens with zero attached hydrogens (tertiary/aromatic N) is 1. The Balaban J connectivity index is 2.49. The minimum absolute atomic E-state index is 0.00630. The molecule has 1 fully saturated rings. The van der Waals surface area contributed by atoms with Gasteiger partial charge in [-0.05, 0) is 40.0 Å². The molecule has 1 saturated carbocycles. The summed E-state index contributed by atoms with van der Waals surface area (Å²) in [6.07, 6.45) is 2.51. The Bertz CT molecular complexity index is 305. The van der Waals surface area contributed by atoms with Crippen molar-refractivity contribution in [2.75, 3.05) is 13.1 Å². The number of amides is 2. The molecule has 0 saturated heterocycles. The Morgan fingerprint density at radius 2 is 2.06 bits per heavy atom. The Morgan fingerprint density at radius 3 is 2.50 bits per heavy atom. The Labute approximate surface area is 109 Å². The van der Waals surface area contributed by atoms with Gasteiger partial charge in [0.15, 0.2) is 0 Å². The van der Waals surface area contributed by atoms with Crippen molar-refractivity contribution < 1.29 is 9.59 Å². The smallest absolute Gasteiger partial charge is 0.239 e. The van der Waals surface area contributed by atoms with E-state index in [1.807, 2.05) is 20.8 Å². The first kappa shape index (κ1) is 15.0. The molecular formula is C13H25N3O2. The third-order valence-corrected chi connectivity index (χ3v) is 3.30. The summed E-state index contributed by atoms with van der Waals surface area (Å²) in [7, 11) is 0. The molecule has 0 bridgehead atoms. The Kier molecular flexibility index (Phi) is 5.59.